The number of benzene rings is 1. The minimum atomic E-state index is -0.313. The Morgan fingerprint density at radius 3 is 2.66 bits per heavy atom. The van der Waals surface area contributed by atoms with Gasteiger partial charge in [-0.3, -0.25) is 19.9 Å². The molecule has 4 rings (SSSR count). The lowest BCUT2D eigenvalue weighted by molar-refractivity contribution is -0.134. The smallest absolute Gasteiger partial charge is 0.236 e. The van der Waals surface area contributed by atoms with Gasteiger partial charge in [-0.05, 0) is 44.5 Å². The molecular formula is C22H28N6O3S. The zero-order valence-corrected chi connectivity index (χ0v) is 19.4. The Bertz CT molecular complexity index is 1150. The molecule has 32 heavy (non-hydrogen) atoms. The van der Waals surface area contributed by atoms with Gasteiger partial charge in [-0.2, -0.15) is 5.10 Å². The van der Waals surface area contributed by atoms with Crippen molar-refractivity contribution < 1.29 is 14.3 Å². The fourth-order valence-electron chi connectivity index (χ4n) is 3.73. The molecule has 1 amide bonds. The molecule has 0 unspecified atom stereocenters. The third-order valence-corrected chi connectivity index (χ3v) is 6.71. The number of morpholine rings is 1. The Balaban J connectivity index is 1.76. The van der Waals surface area contributed by atoms with Crippen molar-refractivity contribution in [1.29, 1.82) is 5.41 Å². The monoisotopic (exact) mass is 456 g/mol. The average molecular weight is 457 g/mol. The van der Waals surface area contributed by atoms with Gasteiger partial charge in [0.1, 0.15) is 11.2 Å². The van der Waals surface area contributed by atoms with E-state index in [0.717, 1.165) is 17.1 Å². The maximum Gasteiger partial charge on any atom is 0.236 e. The summed E-state index contributed by atoms with van der Waals surface area (Å²) in [4.78, 5) is 19.8. The predicted octanol–water partition coefficient (Wildman–Crippen LogP) is 2.66. The van der Waals surface area contributed by atoms with Crippen LogP contribution in [0.5, 0.6) is 5.75 Å². The van der Waals surface area contributed by atoms with Gasteiger partial charge < -0.3 is 14.4 Å². The van der Waals surface area contributed by atoms with Crippen LogP contribution in [0.1, 0.15) is 26.0 Å². The molecule has 0 spiro atoms. The van der Waals surface area contributed by atoms with E-state index < -0.39 is 0 Å². The topological polar surface area (TPSA) is 109 Å². The number of amides is 1. The summed E-state index contributed by atoms with van der Waals surface area (Å²) in [6, 6.07) is 7.56. The van der Waals surface area contributed by atoms with Gasteiger partial charge in [-0.1, -0.05) is 18.7 Å². The van der Waals surface area contributed by atoms with Gasteiger partial charge >= 0.3 is 0 Å². The highest BCUT2D eigenvalue weighted by Gasteiger charge is 2.28. The third kappa shape index (κ3) is 4.37. The fraction of sp³-hybridized carbons (Fsp3) is 0.455. The van der Waals surface area contributed by atoms with Crippen LogP contribution in [-0.4, -0.2) is 68.7 Å². The van der Waals surface area contributed by atoms with Crippen LogP contribution in [0, 0.1) is 12.3 Å². The molecule has 1 fully saturated rings. The summed E-state index contributed by atoms with van der Waals surface area (Å²) in [5, 5.41) is 17.0. The number of carbonyl (C=O) groups is 1. The van der Waals surface area contributed by atoms with Crippen LogP contribution >= 0.6 is 11.8 Å². The molecule has 1 aliphatic heterocycles. The number of aryl methyl sites for hydroxylation is 1. The van der Waals surface area contributed by atoms with Gasteiger partial charge in [0.2, 0.25) is 5.91 Å². The Hall–Kier alpha value is -2.85. The van der Waals surface area contributed by atoms with Crippen LogP contribution in [0.2, 0.25) is 0 Å². The SMILES string of the molecule is CCOc1ccc(-n2c(S[C@H](CC)C(=O)N3CCOCC3)nc3n[nH]c(C)c3c2=N)cc1. The van der Waals surface area contributed by atoms with Crippen molar-refractivity contribution in [2.45, 2.75) is 37.6 Å². The second-order valence-corrected chi connectivity index (χ2v) is 8.67. The lowest BCUT2D eigenvalue weighted by Crippen LogP contribution is -2.44. The number of aromatic amines is 1. The highest BCUT2D eigenvalue weighted by molar-refractivity contribution is 8.00. The molecule has 0 bridgehead atoms. The Morgan fingerprint density at radius 1 is 1.28 bits per heavy atom. The largest absolute Gasteiger partial charge is 0.494 e. The van der Waals surface area contributed by atoms with Gasteiger partial charge in [0.25, 0.3) is 0 Å². The summed E-state index contributed by atoms with van der Waals surface area (Å²) >= 11 is 1.38. The van der Waals surface area contributed by atoms with Crippen molar-refractivity contribution in [3.63, 3.8) is 0 Å². The van der Waals surface area contributed by atoms with Crippen LogP contribution in [0.25, 0.3) is 16.7 Å². The Labute approximate surface area is 190 Å². The van der Waals surface area contributed by atoms with Gasteiger partial charge in [-0.25, -0.2) is 4.98 Å². The second-order valence-electron chi connectivity index (χ2n) is 7.50. The molecule has 2 aromatic heterocycles. The number of rotatable bonds is 7. The van der Waals surface area contributed by atoms with Crippen LogP contribution in [0.4, 0.5) is 0 Å². The molecule has 1 aromatic carbocycles. The molecule has 0 aliphatic carbocycles. The standard InChI is InChI=1S/C22H28N6O3S/c1-4-17(21(29)27-10-12-30-13-11-27)32-22-24-20-18(14(3)25-26-20)19(23)28(22)15-6-8-16(9-7-15)31-5-2/h6-9,17,23H,4-5,10-13H2,1-3H3,(H,25,26)/t17-/m1/s1. The number of ether oxygens (including phenoxy) is 2. The van der Waals surface area contributed by atoms with Crippen LogP contribution in [0.15, 0.2) is 29.4 Å². The molecule has 10 heteroatoms. The number of hydrogen-bond acceptors (Lipinski definition) is 7. The van der Waals surface area contributed by atoms with E-state index in [9.17, 15) is 4.79 Å². The number of H-pyrrole nitrogens is 1. The van der Waals surface area contributed by atoms with Crippen LogP contribution in [0.3, 0.4) is 0 Å². The maximum absolute atomic E-state index is 13.2. The van der Waals surface area contributed by atoms with E-state index >= 15 is 0 Å². The highest BCUT2D eigenvalue weighted by atomic mass is 32.2. The van der Waals surface area contributed by atoms with Crippen molar-refractivity contribution in [2.24, 2.45) is 0 Å². The summed E-state index contributed by atoms with van der Waals surface area (Å²) in [6.45, 7) is 8.72. The van der Waals surface area contributed by atoms with E-state index in [1.165, 1.54) is 11.8 Å². The first-order valence-electron chi connectivity index (χ1n) is 10.8. The molecule has 1 saturated heterocycles. The lowest BCUT2D eigenvalue weighted by Gasteiger charge is -2.30. The zero-order valence-electron chi connectivity index (χ0n) is 18.6. The number of carbonyl (C=O) groups excluding carboxylic acids is 1. The van der Waals surface area contributed by atoms with E-state index in [-0.39, 0.29) is 16.6 Å². The molecule has 0 saturated carbocycles. The summed E-state index contributed by atoms with van der Waals surface area (Å²) in [6.07, 6.45) is 0.650. The highest BCUT2D eigenvalue weighted by Crippen LogP contribution is 2.29. The molecule has 0 radical (unpaired) electrons. The summed E-state index contributed by atoms with van der Waals surface area (Å²) in [7, 11) is 0. The van der Waals surface area contributed by atoms with Crippen molar-refractivity contribution in [2.75, 3.05) is 32.9 Å². The Kier molecular flexibility index (Phi) is 6.80. The van der Waals surface area contributed by atoms with E-state index in [0.29, 0.717) is 55.5 Å². The van der Waals surface area contributed by atoms with Crippen molar-refractivity contribution in [3.8, 4) is 11.4 Å². The van der Waals surface area contributed by atoms with E-state index in [4.69, 9.17) is 19.9 Å². The summed E-state index contributed by atoms with van der Waals surface area (Å²) in [5.74, 6) is 0.839. The summed E-state index contributed by atoms with van der Waals surface area (Å²) < 4.78 is 12.7. The second kappa shape index (κ2) is 9.74. The van der Waals surface area contributed by atoms with Gasteiger partial charge in [0.05, 0.1) is 30.5 Å². The molecule has 1 aliphatic rings. The van der Waals surface area contributed by atoms with E-state index in [1.807, 2.05) is 49.9 Å². The minimum absolute atomic E-state index is 0.0747. The molecule has 3 heterocycles. The minimum Gasteiger partial charge on any atom is -0.494 e. The molecule has 1 atom stereocenters. The Morgan fingerprint density at radius 2 is 2.00 bits per heavy atom. The van der Waals surface area contributed by atoms with Crippen molar-refractivity contribution in [3.05, 3.63) is 35.4 Å². The molecule has 3 aromatic rings. The molecule has 9 nitrogen and oxygen atoms in total. The van der Waals surface area contributed by atoms with Gasteiger partial charge in [-0.15, -0.1) is 0 Å². The summed E-state index contributed by atoms with van der Waals surface area (Å²) in [5.41, 5.74) is 2.32. The van der Waals surface area contributed by atoms with Gasteiger partial charge in [0.15, 0.2) is 10.8 Å². The van der Waals surface area contributed by atoms with E-state index in [1.54, 1.807) is 4.57 Å². The number of fused-ring (bicyclic) bond motifs is 1. The van der Waals surface area contributed by atoms with Crippen molar-refractivity contribution >= 4 is 28.7 Å². The molecule has 2 N–H and O–H groups in total. The zero-order chi connectivity index (χ0) is 22.7. The first-order valence-corrected chi connectivity index (χ1v) is 11.7. The number of nitrogens with one attached hydrogen (secondary N) is 2. The quantitative estimate of drug-likeness (QED) is 0.418. The number of thioether (sulfide) groups is 1. The van der Waals surface area contributed by atoms with E-state index in [2.05, 4.69) is 10.2 Å². The molecular weight excluding hydrogens is 428 g/mol. The van der Waals surface area contributed by atoms with Gasteiger partial charge in [0, 0.05) is 24.5 Å². The number of hydrogen-bond donors (Lipinski definition) is 2. The molecule has 170 valence electrons. The first-order chi connectivity index (χ1) is 15.5. The first kappa shape index (κ1) is 22.3. The van der Waals surface area contributed by atoms with Crippen molar-refractivity contribution in [1.82, 2.24) is 24.6 Å². The third-order valence-electron chi connectivity index (χ3n) is 5.40. The fourth-order valence-corrected chi connectivity index (χ4v) is 4.84. The predicted molar refractivity (Wildman–Crippen MR) is 122 cm³/mol. The average Bonchev–Trinajstić information content (AvgIpc) is 3.19. The maximum atomic E-state index is 13.2. The number of aromatic nitrogens is 4. The van der Waals surface area contributed by atoms with Crippen LogP contribution < -0.4 is 10.2 Å². The lowest BCUT2D eigenvalue weighted by atomic mass is 10.2. The normalized spacial score (nSPS) is 15.2. The number of nitrogens with zero attached hydrogens (tertiary/aromatic N) is 4. The van der Waals surface area contributed by atoms with Crippen LogP contribution in [-0.2, 0) is 9.53 Å².